The summed E-state index contributed by atoms with van der Waals surface area (Å²) >= 11 is 0. The Morgan fingerprint density at radius 2 is 1.74 bits per heavy atom. The van der Waals surface area contributed by atoms with Gasteiger partial charge in [0.15, 0.2) is 0 Å². The molecule has 0 aliphatic heterocycles. The molecule has 0 aromatic heterocycles. The summed E-state index contributed by atoms with van der Waals surface area (Å²) in [5.41, 5.74) is 1.13. The lowest BCUT2D eigenvalue weighted by Crippen LogP contribution is -2.09. The normalized spacial score (nSPS) is 9.95. The number of esters is 1. The Morgan fingerprint density at radius 1 is 1.11 bits per heavy atom. The molecule has 0 aliphatic rings. The Hall–Kier alpha value is -2.69. The Kier molecular flexibility index (Phi) is 3.56. The average molecular weight is 257 g/mol. The van der Waals surface area contributed by atoms with Crippen LogP contribution in [0.15, 0.2) is 48.5 Å². The highest BCUT2D eigenvalue weighted by Gasteiger charge is 2.17. The van der Waals surface area contributed by atoms with Gasteiger partial charge < -0.3 is 4.74 Å². The second kappa shape index (κ2) is 5.30. The van der Waals surface area contributed by atoms with E-state index in [4.69, 9.17) is 4.74 Å². The fourth-order valence-electron chi connectivity index (χ4n) is 1.54. The van der Waals surface area contributed by atoms with E-state index in [0.29, 0.717) is 5.56 Å². The zero-order chi connectivity index (χ0) is 13.8. The first-order valence-electron chi connectivity index (χ1n) is 5.60. The molecule has 19 heavy (non-hydrogen) atoms. The summed E-state index contributed by atoms with van der Waals surface area (Å²) in [6.45, 7) is 1.90. The molecule has 0 N–H and O–H groups in total. The highest BCUT2D eigenvalue weighted by molar-refractivity contribution is 5.91. The van der Waals surface area contributed by atoms with Crippen LogP contribution >= 0.6 is 0 Å². The van der Waals surface area contributed by atoms with Crippen LogP contribution in [-0.4, -0.2) is 10.9 Å². The van der Waals surface area contributed by atoms with Gasteiger partial charge in [-0.2, -0.15) is 0 Å². The van der Waals surface area contributed by atoms with E-state index in [2.05, 4.69) is 0 Å². The second-order valence-corrected chi connectivity index (χ2v) is 3.98. The predicted octanol–water partition coefficient (Wildman–Crippen LogP) is 3.12. The third kappa shape index (κ3) is 2.95. The van der Waals surface area contributed by atoms with E-state index in [9.17, 15) is 14.9 Å². The Bertz CT molecular complexity index is 620. The second-order valence-electron chi connectivity index (χ2n) is 3.98. The van der Waals surface area contributed by atoms with Crippen LogP contribution in [0.3, 0.4) is 0 Å². The standard InChI is InChI=1S/C14H11NO4/c1-10-6-8-11(9-7-10)14(16)19-13-5-3-2-4-12(13)15(17)18/h2-9H,1H3. The lowest BCUT2D eigenvalue weighted by molar-refractivity contribution is -0.385. The highest BCUT2D eigenvalue weighted by atomic mass is 16.6. The molecular weight excluding hydrogens is 246 g/mol. The van der Waals surface area contributed by atoms with Crippen LogP contribution in [0.25, 0.3) is 0 Å². The average Bonchev–Trinajstić information content (AvgIpc) is 2.39. The molecule has 0 bridgehead atoms. The van der Waals surface area contributed by atoms with Crippen LogP contribution in [0.2, 0.25) is 0 Å². The van der Waals surface area contributed by atoms with Gasteiger partial charge in [-0.1, -0.05) is 29.8 Å². The number of nitro groups is 1. The maximum Gasteiger partial charge on any atom is 0.343 e. The monoisotopic (exact) mass is 257 g/mol. The van der Waals surface area contributed by atoms with Crippen molar-refractivity contribution in [3.05, 3.63) is 69.8 Å². The molecule has 2 rings (SSSR count). The number of nitro benzene ring substituents is 1. The molecule has 0 amide bonds. The van der Waals surface area contributed by atoms with Gasteiger partial charge in [0.2, 0.25) is 5.75 Å². The number of hydrogen-bond donors (Lipinski definition) is 0. The van der Waals surface area contributed by atoms with Gasteiger partial charge in [-0.05, 0) is 25.1 Å². The molecule has 96 valence electrons. The smallest absolute Gasteiger partial charge is 0.343 e. The minimum atomic E-state index is -0.616. The third-order valence-corrected chi connectivity index (χ3v) is 2.55. The molecule has 2 aromatic rings. The molecule has 5 heteroatoms. The summed E-state index contributed by atoms with van der Waals surface area (Å²) in [5, 5.41) is 10.8. The number of ether oxygens (including phenoxy) is 1. The number of rotatable bonds is 3. The summed E-state index contributed by atoms with van der Waals surface area (Å²) in [6.07, 6.45) is 0. The number of aryl methyl sites for hydroxylation is 1. The van der Waals surface area contributed by atoms with E-state index in [-0.39, 0.29) is 11.4 Å². The molecule has 2 aromatic carbocycles. The van der Waals surface area contributed by atoms with Crippen molar-refractivity contribution < 1.29 is 14.5 Å². The molecule has 0 atom stereocenters. The fourth-order valence-corrected chi connectivity index (χ4v) is 1.54. The zero-order valence-electron chi connectivity index (χ0n) is 10.2. The maximum atomic E-state index is 11.9. The van der Waals surface area contributed by atoms with Gasteiger partial charge in [0.1, 0.15) is 0 Å². The molecule has 0 heterocycles. The minimum Gasteiger partial charge on any atom is -0.416 e. The topological polar surface area (TPSA) is 69.4 Å². The number of nitrogens with zero attached hydrogens (tertiary/aromatic N) is 1. The van der Waals surface area contributed by atoms with Crippen molar-refractivity contribution >= 4 is 11.7 Å². The number of benzene rings is 2. The number of carbonyl (C=O) groups is 1. The van der Waals surface area contributed by atoms with Crippen molar-refractivity contribution in [2.45, 2.75) is 6.92 Å². The van der Waals surface area contributed by atoms with Gasteiger partial charge in [-0.15, -0.1) is 0 Å². The molecule has 0 aliphatic carbocycles. The van der Waals surface area contributed by atoms with E-state index < -0.39 is 10.9 Å². The van der Waals surface area contributed by atoms with Gasteiger partial charge in [0.25, 0.3) is 0 Å². The van der Waals surface area contributed by atoms with Crippen molar-refractivity contribution in [1.29, 1.82) is 0 Å². The van der Waals surface area contributed by atoms with Crippen LogP contribution in [-0.2, 0) is 0 Å². The van der Waals surface area contributed by atoms with E-state index in [1.807, 2.05) is 6.92 Å². The van der Waals surface area contributed by atoms with Crippen molar-refractivity contribution in [3.8, 4) is 5.75 Å². The van der Waals surface area contributed by atoms with Crippen LogP contribution in [0, 0.1) is 17.0 Å². The Labute approximate surface area is 109 Å². The molecule has 5 nitrogen and oxygen atoms in total. The van der Waals surface area contributed by atoms with Gasteiger partial charge >= 0.3 is 11.7 Å². The lowest BCUT2D eigenvalue weighted by atomic mass is 10.1. The molecule has 0 radical (unpaired) electrons. The summed E-state index contributed by atoms with van der Waals surface area (Å²) in [5.74, 6) is -0.674. The summed E-state index contributed by atoms with van der Waals surface area (Å²) in [7, 11) is 0. The van der Waals surface area contributed by atoms with Gasteiger partial charge in [0.05, 0.1) is 10.5 Å². The number of para-hydroxylation sites is 2. The highest BCUT2D eigenvalue weighted by Crippen LogP contribution is 2.26. The SMILES string of the molecule is Cc1ccc(C(=O)Oc2ccccc2[N+](=O)[O-])cc1. The molecule has 0 fully saturated rings. The van der Waals surface area contributed by atoms with Crippen molar-refractivity contribution in [1.82, 2.24) is 0 Å². The summed E-state index contributed by atoms with van der Waals surface area (Å²) < 4.78 is 5.05. The lowest BCUT2D eigenvalue weighted by Gasteiger charge is -2.05. The van der Waals surface area contributed by atoms with E-state index in [0.717, 1.165) is 5.56 Å². The largest absolute Gasteiger partial charge is 0.416 e. The molecule has 0 saturated heterocycles. The van der Waals surface area contributed by atoms with Crippen LogP contribution < -0.4 is 4.74 Å². The number of hydrogen-bond acceptors (Lipinski definition) is 4. The van der Waals surface area contributed by atoms with E-state index in [1.54, 1.807) is 30.3 Å². The first kappa shape index (κ1) is 12.8. The van der Waals surface area contributed by atoms with Crippen LogP contribution in [0.4, 0.5) is 5.69 Å². The summed E-state index contributed by atoms with van der Waals surface area (Å²) in [4.78, 5) is 22.1. The first-order chi connectivity index (χ1) is 9.08. The Balaban J connectivity index is 2.24. The van der Waals surface area contributed by atoms with E-state index in [1.165, 1.54) is 18.2 Å². The van der Waals surface area contributed by atoms with Crippen LogP contribution in [0.5, 0.6) is 5.75 Å². The van der Waals surface area contributed by atoms with Crippen molar-refractivity contribution in [3.63, 3.8) is 0 Å². The third-order valence-electron chi connectivity index (χ3n) is 2.55. The maximum absolute atomic E-state index is 11.9. The predicted molar refractivity (Wildman–Crippen MR) is 69.2 cm³/mol. The first-order valence-corrected chi connectivity index (χ1v) is 5.60. The number of carbonyl (C=O) groups excluding carboxylic acids is 1. The summed E-state index contributed by atoms with van der Waals surface area (Å²) in [6, 6.07) is 12.6. The van der Waals surface area contributed by atoms with Gasteiger partial charge in [0, 0.05) is 6.07 Å². The molecule has 0 spiro atoms. The molecule has 0 unspecified atom stereocenters. The van der Waals surface area contributed by atoms with Crippen LogP contribution in [0.1, 0.15) is 15.9 Å². The quantitative estimate of drug-likeness (QED) is 0.366. The molecular formula is C14H11NO4. The van der Waals surface area contributed by atoms with Crippen molar-refractivity contribution in [2.75, 3.05) is 0 Å². The Morgan fingerprint density at radius 3 is 2.37 bits per heavy atom. The molecule has 0 saturated carbocycles. The van der Waals surface area contributed by atoms with Crippen molar-refractivity contribution in [2.24, 2.45) is 0 Å². The van der Waals surface area contributed by atoms with Gasteiger partial charge in [-0.25, -0.2) is 4.79 Å². The fraction of sp³-hybridized carbons (Fsp3) is 0.0714. The van der Waals surface area contributed by atoms with E-state index >= 15 is 0 Å². The minimum absolute atomic E-state index is 0.0573. The van der Waals surface area contributed by atoms with Gasteiger partial charge in [-0.3, -0.25) is 10.1 Å². The zero-order valence-corrected chi connectivity index (χ0v) is 10.2.